The van der Waals surface area contributed by atoms with E-state index in [0.717, 1.165) is 59.9 Å². The molecule has 0 aliphatic heterocycles. The molecule has 0 atom stereocenters. The predicted molar refractivity (Wildman–Crippen MR) is 119 cm³/mol. The van der Waals surface area contributed by atoms with Gasteiger partial charge in [-0.2, -0.15) is 0 Å². The van der Waals surface area contributed by atoms with Gasteiger partial charge in [0.1, 0.15) is 17.4 Å². The maximum Gasteiger partial charge on any atom is 0.145 e. The number of hydrogen-bond acceptors (Lipinski definition) is 6. The zero-order chi connectivity index (χ0) is 20.6. The van der Waals surface area contributed by atoms with Crippen LogP contribution in [0.15, 0.2) is 48.5 Å². The number of anilines is 1. The Balaban J connectivity index is 1.74. The highest BCUT2D eigenvalue weighted by Gasteiger charge is 2.11. The summed E-state index contributed by atoms with van der Waals surface area (Å²) in [6.07, 6.45) is 1.06. The fourth-order valence-corrected chi connectivity index (χ4v) is 3.35. The van der Waals surface area contributed by atoms with Crippen LogP contribution < -0.4 is 10.1 Å². The van der Waals surface area contributed by atoms with Crippen LogP contribution in [0, 0.1) is 0 Å². The van der Waals surface area contributed by atoms with Crippen molar-refractivity contribution in [1.29, 1.82) is 0 Å². The second-order valence-electron chi connectivity index (χ2n) is 7.57. The van der Waals surface area contributed by atoms with E-state index in [1.165, 1.54) is 0 Å². The smallest absolute Gasteiger partial charge is 0.145 e. The van der Waals surface area contributed by atoms with Gasteiger partial charge in [0.2, 0.25) is 0 Å². The molecule has 6 nitrogen and oxygen atoms in total. The van der Waals surface area contributed by atoms with Crippen LogP contribution in [0.25, 0.3) is 10.9 Å². The molecule has 29 heavy (non-hydrogen) atoms. The lowest BCUT2D eigenvalue weighted by Gasteiger charge is -2.19. The first-order chi connectivity index (χ1) is 14.1. The molecule has 0 radical (unpaired) electrons. The van der Waals surface area contributed by atoms with Gasteiger partial charge in [-0.3, -0.25) is 4.90 Å². The maximum atomic E-state index is 5.47. The summed E-state index contributed by atoms with van der Waals surface area (Å²) < 4.78 is 5.47. The minimum atomic E-state index is 0.662. The van der Waals surface area contributed by atoms with Crippen LogP contribution >= 0.6 is 0 Å². The summed E-state index contributed by atoms with van der Waals surface area (Å²) in [4.78, 5) is 14.0. The predicted octanol–water partition coefficient (Wildman–Crippen LogP) is 3.63. The van der Waals surface area contributed by atoms with Crippen molar-refractivity contribution in [2.45, 2.75) is 19.5 Å². The molecular weight excluding hydrogens is 362 g/mol. The summed E-state index contributed by atoms with van der Waals surface area (Å²) in [5.74, 6) is 2.63. The Morgan fingerprint density at radius 1 is 0.931 bits per heavy atom. The molecule has 3 rings (SSSR count). The second kappa shape index (κ2) is 10.2. The van der Waals surface area contributed by atoms with Crippen molar-refractivity contribution < 1.29 is 4.74 Å². The molecule has 1 heterocycles. The van der Waals surface area contributed by atoms with Gasteiger partial charge in [0.15, 0.2) is 0 Å². The molecule has 1 N–H and O–H groups in total. The molecule has 0 aliphatic rings. The van der Waals surface area contributed by atoms with Crippen LogP contribution in [-0.4, -0.2) is 61.1 Å². The number of methoxy groups -OCH3 is 1. The van der Waals surface area contributed by atoms with Gasteiger partial charge in [-0.25, -0.2) is 9.97 Å². The molecular formula is C23H31N5O. The number of hydrogen-bond donors (Lipinski definition) is 1. The van der Waals surface area contributed by atoms with Crippen LogP contribution in [0.2, 0.25) is 0 Å². The van der Waals surface area contributed by atoms with E-state index in [4.69, 9.17) is 14.7 Å². The third kappa shape index (κ3) is 5.89. The summed E-state index contributed by atoms with van der Waals surface area (Å²) in [7, 11) is 7.97. The number of aromatic nitrogens is 2. The SMILES string of the molecule is COc1ccccc1CN(C)Cc1nc(NCCCN(C)C)c2ccccc2n1. The third-order valence-electron chi connectivity index (χ3n) is 4.77. The average Bonchev–Trinajstić information content (AvgIpc) is 2.71. The highest BCUT2D eigenvalue weighted by atomic mass is 16.5. The van der Waals surface area contributed by atoms with Gasteiger partial charge < -0.3 is 15.0 Å². The van der Waals surface area contributed by atoms with Crippen molar-refractivity contribution in [1.82, 2.24) is 19.8 Å². The van der Waals surface area contributed by atoms with Crippen molar-refractivity contribution in [2.75, 3.05) is 46.7 Å². The lowest BCUT2D eigenvalue weighted by molar-refractivity contribution is 0.303. The number of para-hydroxylation sites is 2. The normalized spacial score (nSPS) is 11.4. The summed E-state index contributed by atoms with van der Waals surface area (Å²) in [6.45, 7) is 3.36. The molecule has 0 saturated heterocycles. The average molecular weight is 394 g/mol. The molecule has 2 aromatic carbocycles. The Bertz CT molecular complexity index is 928. The lowest BCUT2D eigenvalue weighted by atomic mass is 10.2. The summed E-state index contributed by atoms with van der Waals surface area (Å²) in [5.41, 5.74) is 2.12. The minimum Gasteiger partial charge on any atom is -0.496 e. The van der Waals surface area contributed by atoms with E-state index < -0.39 is 0 Å². The molecule has 0 aliphatic carbocycles. The van der Waals surface area contributed by atoms with Gasteiger partial charge in [-0.05, 0) is 52.3 Å². The Morgan fingerprint density at radius 3 is 2.48 bits per heavy atom. The number of ether oxygens (including phenoxy) is 1. The van der Waals surface area contributed by atoms with Crippen LogP contribution in [0.1, 0.15) is 17.8 Å². The van der Waals surface area contributed by atoms with Crippen molar-refractivity contribution in [2.24, 2.45) is 0 Å². The van der Waals surface area contributed by atoms with E-state index in [-0.39, 0.29) is 0 Å². The van der Waals surface area contributed by atoms with Gasteiger partial charge in [-0.1, -0.05) is 30.3 Å². The van der Waals surface area contributed by atoms with E-state index in [1.807, 2.05) is 36.4 Å². The number of fused-ring (bicyclic) bond motifs is 1. The third-order valence-corrected chi connectivity index (χ3v) is 4.77. The monoisotopic (exact) mass is 393 g/mol. The van der Waals surface area contributed by atoms with Gasteiger partial charge in [0.25, 0.3) is 0 Å². The molecule has 0 bridgehead atoms. The molecule has 1 aromatic heterocycles. The minimum absolute atomic E-state index is 0.662. The van der Waals surface area contributed by atoms with Crippen LogP contribution in [0.5, 0.6) is 5.75 Å². The molecule has 0 saturated carbocycles. The highest BCUT2D eigenvalue weighted by molar-refractivity contribution is 5.88. The Labute approximate surface area is 173 Å². The van der Waals surface area contributed by atoms with Crippen LogP contribution in [-0.2, 0) is 13.1 Å². The molecule has 0 amide bonds. The molecule has 0 unspecified atom stereocenters. The molecule has 6 heteroatoms. The number of nitrogens with one attached hydrogen (secondary N) is 1. The molecule has 154 valence electrons. The Morgan fingerprint density at radius 2 is 1.69 bits per heavy atom. The van der Waals surface area contributed by atoms with E-state index in [0.29, 0.717) is 6.54 Å². The van der Waals surface area contributed by atoms with E-state index in [2.05, 4.69) is 48.4 Å². The van der Waals surface area contributed by atoms with Gasteiger partial charge in [0.05, 0.1) is 19.2 Å². The topological polar surface area (TPSA) is 53.5 Å². The first-order valence-corrected chi connectivity index (χ1v) is 10.0. The summed E-state index contributed by atoms with van der Waals surface area (Å²) in [6, 6.07) is 16.3. The summed E-state index contributed by atoms with van der Waals surface area (Å²) >= 11 is 0. The van der Waals surface area contributed by atoms with E-state index in [9.17, 15) is 0 Å². The number of nitrogens with zero attached hydrogens (tertiary/aromatic N) is 4. The van der Waals surface area contributed by atoms with Gasteiger partial charge in [-0.15, -0.1) is 0 Å². The van der Waals surface area contributed by atoms with Crippen LogP contribution in [0.4, 0.5) is 5.82 Å². The maximum absolute atomic E-state index is 5.47. The Kier molecular flexibility index (Phi) is 7.38. The van der Waals surface area contributed by atoms with Crippen molar-refractivity contribution in [3.63, 3.8) is 0 Å². The number of benzene rings is 2. The van der Waals surface area contributed by atoms with Crippen molar-refractivity contribution in [3.8, 4) is 5.75 Å². The van der Waals surface area contributed by atoms with Crippen molar-refractivity contribution >= 4 is 16.7 Å². The molecule has 3 aromatic rings. The van der Waals surface area contributed by atoms with Crippen molar-refractivity contribution in [3.05, 3.63) is 59.9 Å². The Hall–Kier alpha value is -2.70. The zero-order valence-corrected chi connectivity index (χ0v) is 17.9. The number of rotatable bonds is 10. The first kappa shape index (κ1) is 21.0. The first-order valence-electron chi connectivity index (χ1n) is 10.0. The zero-order valence-electron chi connectivity index (χ0n) is 17.9. The lowest BCUT2D eigenvalue weighted by Crippen LogP contribution is -2.20. The second-order valence-corrected chi connectivity index (χ2v) is 7.57. The van der Waals surface area contributed by atoms with Gasteiger partial charge in [0, 0.05) is 24.0 Å². The fraction of sp³-hybridized carbons (Fsp3) is 0.391. The fourth-order valence-electron chi connectivity index (χ4n) is 3.35. The standard InChI is InChI=1S/C23H31N5O/c1-27(2)15-9-14-24-23-19-11-6-7-12-20(19)25-22(26-23)17-28(3)16-18-10-5-8-13-21(18)29-4/h5-8,10-13H,9,14-17H2,1-4H3,(H,24,25,26). The van der Waals surface area contributed by atoms with E-state index in [1.54, 1.807) is 7.11 Å². The molecule has 0 fully saturated rings. The summed E-state index contributed by atoms with van der Waals surface area (Å²) in [5, 5.41) is 4.57. The quantitative estimate of drug-likeness (QED) is 0.531. The van der Waals surface area contributed by atoms with E-state index >= 15 is 0 Å². The van der Waals surface area contributed by atoms with Crippen LogP contribution in [0.3, 0.4) is 0 Å². The van der Waals surface area contributed by atoms with Gasteiger partial charge >= 0.3 is 0 Å². The molecule has 0 spiro atoms. The highest BCUT2D eigenvalue weighted by Crippen LogP contribution is 2.22. The largest absolute Gasteiger partial charge is 0.496 e.